The number of thiocarbonyl (C=S) groups is 1. The van der Waals surface area contributed by atoms with Crippen molar-refractivity contribution in [3.8, 4) is 0 Å². The lowest BCUT2D eigenvalue weighted by Crippen LogP contribution is -2.34. The monoisotopic (exact) mass is 498 g/mol. The number of hydrogen-bond donors (Lipinski definition) is 3. The molecule has 0 atom stereocenters. The predicted octanol–water partition coefficient (Wildman–Crippen LogP) is 5.16. The van der Waals surface area contributed by atoms with Gasteiger partial charge in [-0.1, -0.05) is 41.9 Å². The molecule has 0 fully saturated rings. The smallest absolute Gasteiger partial charge is 0.337 e. The third-order valence-electron chi connectivity index (χ3n) is 3.59. The van der Waals surface area contributed by atoms with Gasteiger partial charge < -0.3 is 10.4 Å². The van der Waals surface area contributed by atoms with Gasteiger partial charge in [-0.15, -0.1) is 0 Å². The van der Waals surface area contributed by atoms with E-state index in [1.807, 2.05) is 12.1 Å². The van der Waals surface area contributed by atoms with Crippen molar-refractivity contribution in [2.24, 2.45) is 0 Å². The normalized spacial score (nSPS) is 10.5. The molecule has 2 rings (SSSR count). The minimum absolute atomic E-state index is 0.00783. The molecule has 3 N–H and O–H groups in total. The van der Waals surface area contributed by atoms with E-state index in [1.165, 1.54) is 6.07 Å². The lowest BCUT2D eigenvalue weighted by Gasteiger charge is -2.14. The number of carboxylic acid groups (broad SMARTS) is 1. The van der Waals surface area contributed by atoms with Gasteiger partial charge >= 0.3 is 5.97 Å². The Morgan fingerprint density at radius 2 is 1.73 bits per heavy atom. The number of carbonyl (C=O) groups excluding carboxylic acids is 1. The summed E-state index contributed by atoms with van der Waals surface area (Å²) in [6, 6.07) is 10.4. The first-order valence-electron chi connectivity index (χ1n) is 7.63. The van der Waals surface area contributed by atoms with Crippen LogP contribution in [0, 0.1) is 0 Å². The number of nitrogens with one attached hydrogen (secondary N) is 2. The summed E-state index contributed by atoms with van der Waals surface area (Å²) in [6.07, 6.45) is 0. The van der Waals surface area contributed by atoms with Crippen molar-refractivity contribution in [3.05, 3.63) is 62.0 Å². The fourth-order valence-electron chi connectivity index (χ4n) is 2.21. The van der Waals surface area contributed by atoms with E-state index >= 15 is 0 Å². The van der Waals surface area contributed by atoms with Crippen molar-refractivity contribution in [3.63, 3.8) is 0 Å². The molecule has 0 unspecified atom stereocenters. The Hall–Kier alpha value is -1.77. The molecule has 0 spiro atoms. The van der Waals surface area contributed by atoms with Gasteiger partial charge in [-0.2, -0.15) is 0 Å². The van der Waals surface area contributed by atoms with Crippen molar-refractivity contribution in [1.82, 2.24) is 5.32 Å². The molecule has 0 aliphatic carbocycles. The summed E-state index contributed by atoms with van der Waals surface area (Å²) in [5.74, 6) is -1.12. The van der Waals surface area contributed by atoms with Gasteiger partial charge in [-0.3, -0.25) is 10.1 Å². The second-order valence-electron chi connectivity index (χ2n) is 5.80. The summed E-state index contributed by atoms with van der Waals surface area (Å²) in [5, 5.41) is 14.7. The minimum atomic E-state index is -1.12. The zero-order valence-electron chi connectivity index (χ0n) is 14.0. The maximum absolute atomic E-state index is 12.3. The largest absolute Gasteiger partial charge is 0.478 e. The SMILES string of the molecule is CC(C)c1ccc(C(=O)NC(=S)Nc2c(Br)cc(Br)cc2C(=O)O)cc1. The summed E-state index contributed by atoms with van der Waals surface area (Å²) in [7, 11) is 0. The molecule has 0 saturated carbocycles. The van der Waals surface area contributed by atoms with E-state index in [0.29, 0.717) is 20.4 Å². The van der Waals surface area contributed by atoms with Crippen LogP contribution in [0.1, 0.15) is 46.0 Å². The van der Waals surface area contributed by atoms with Gasteiger partial charge in [-0.25, -0.2) is 4.79 Å². The molecule has 26 heavy (non-hydrogen) atoms. The van der Waals surface area contributed by atoms with Crippen molar-refractivity contribution in [2.75, 3.05) is 5.32 Å². The average molecular weight is 500 g/mol. The number of rotatable bonds is 4. The van der Waals surface area contributed by atoms with Gasteiger partial charge in [-0.05, 0) is 63.9 Å². The Labute approximate surface area is 173 Å². The quantitative estimate of drug-likeness (QED) is 0.506. The first-order chi connectivity index (χ1) is 12.2. The topological polar surface area (TPSA) is 78.4 Å². The molecule has 136 valence electrons. The molecule has 0 heterocycles. The molecule has 0 bridgehead atoms. The Morgan fingerprint density at radius 3 is 2.27 bits per heavy atom. The van der Waals surface area contributed by atoms with Crippen molar-refractivity contribution in [2.45, 2.75) is 19.8 Å². The van der Waals surface area contributed by atoms with Crippen LogP contribution in [0.15, 0.2) is 45.3 Å². The number of aromatic carboxylic acids is 1. The van der Waals surface area contributed by atoms with E-state index in [1.54, 1.807) is 18.2 Å². The first kappa shape index (κ1) is 20.5. The Bertz CT molecular complexity index is 867. The molecule has 2 aromatic carbocycles. The number of anilines is 1. The van der Waals surface area contributed by atoms with E-state index in [-0.39, 0.29) is 22.3 Å². The van der Waals surface area contributed by atoms with Crippen LogP contribution in [-0.4, -0.2) is 22.1 Å². The Balaban J connectivity index is 2.14. The summed E-state index contributed by atoms with van der Waals surface area (Å²) >= 11 is 11.7. The molecule has 0 aromatic heterocycles. The van der Waals surface area contributed by atoms with E-state index in [0.717, 1.165) is 5.56 Å². The van der Waals surface area contributed by atoms with Crippen LogP contribution in [0.2, 0.25) is 0 Å². The third kappa shape index (κ3) is 5.12. The molecule has 0 aliphatic rings. The van der Waals surface area contributed by atoms with Gasteiger partial charge in [0.25, 0.3) is 5.91 Å². The highest BCUT2D eigenvalue weighted by molar-refractivity contribution is 9.11. The summed E-state index contributed by atoms with van der Waals surface area (Å²) in [6.45, 7) is 4.15. The number of halogens is 2. The molecule has 1 amide bonds. The highest BCUT2D eigenvalue weighted by atomic mass is 79.9. The zero-order valence-corrected chi connectivity index (χ0v) is 18.0. The van der Waals surface area contributed by atoms with Crippen LogP contribution in [0.3, 0.4) is 0 Å². The van der Waals surface area contributed by atoms with Crippen LogP contribution in [-0.2, 0) is 0 Å². The van der Waals surface area contributed by atoms with Crippen molar-refractivity contribution < 1.29 is 14.7 Å². The van der Waals surface area contributed by atoms with Crippen LogP contribution in [0.4, 0.5) is 5.69 Å². The second-order valence-corrected chi connectivity index (χ2v) is 7.98. The van der Waals surface area contributed by atoms with E-state index < -0.39 is 5.97 Å². The van der Waals surface area contributed by atoms with Crippen LogP contribution < -0.4 is 10.6 Å². The summed E-state index contributed by atoms with van der Waals surface area (Å²) < 4.78 is 1.11. The maximum Gasteiger partial charge on any atom is 0.337 e. The fraction of sp³-hybridized carbons (Fsp3) is 0.167. The van der Waals surface area contributed by atoms with Gasteiger partial charge in [0.15, 0.2) is 5.11 Å². The molecule has 0 radical (unpaired) electrons. The number of benzene rings is 2. The van der Waals surface area contributed by atoms with Gasteiger partial charge in [0.05, 0.1) is 11.3 Å². The van der Waals surface area contributed by atoms with Crippen LogP contribution in [0.25, 0.3) is 0 Å². The van der Waals surface area contributed by atoms with Gasteiger partial charge in [0.2, 0.25) is 0 Å². The molecular formula is C18H16Br2N2O3S. The van der Waals surface area contributed by atoms with E-state index in [2.05, 4.69) is 56.3 Å². The second kappa shape index (κ2) is 8.75. The fourth-order valence-corrected chi connectivity index (χ4v) is 3.73. The summed E-state index contributed by atoms with van der Waals surface area (Å²) in [4.78, 5) is 23.7. The number of carbonyl (C=O) groups is 2. The van der Waals surface area contributed by atoms with Gasteiger partial charge in [0.1, 0.15) is 0 Å². The predicted molar refractivity (Wildman–Crippen MR) is 113 cm³/mol. The lowest BCUT2D eigenvalue weighted by molar-refractivity contribution is 0.0697. The Morgan fingerprint density at radius 1 is 1.12 bits per heavy atom. The zero-order chi connectivity index (χ0) is 19.4. The summed E-state index contributed by atoms with van der Waals surface area (Å²) in [5.41, 5.74) is 1.88. The van der Waals surface area contributed by atoms with Crippen molar-refractivity contribution >= 4 is 66.8 Å². The maximum atomic E-state index is 12.3. The number of hydrogen-bond acceptors (Lipinski definition) is 3. The number of amides is 1. The molecule has 8 heteroatoms. The van der Waals surface area contributed by atoms with Crippen LogP contribution >= 0.6 is 44.1 Å². The van der Waals surface area contributed by atoms with E-state index in [4.69, 9.17) is 12.2 Å². The van der Waals surface area contributed by atoms with Gasteiger partial charge in [0, 0.05) is 14.5 Å². The molecule has 5 nitrogen and oxygen atoms in total. The van der Waals surface area contributed by atoms with Crippen LogP contribution in [0.5, 0.6) is 0 Å². The molecule has 0 aliphatic heterocycles. The number of carboxylic acids is 1. The highest BCUT2D eigenvalue weighted by Gasteiger charge is 2.17. The standard InChI is InChI=1S/C18H16Br2N2O3S/c1-9(2)10-3-5-11(6-4-10)16(23)22-18(26)21-15-13(17(24)25)7-12(19)8-14(15)20/h3-9H,1-2H3,(H,24,25)(H2,21,22,23,26). The average Bonchev–Trinajstić information content (AvgIpc) is 2.56. The first-order valence-corrected chi connectivity index (χ1v) is 9.63. The highest BCUT2D eigenvalue weighted by Crippen LogP contribution is 2.30. The lowest BCUT2D eigenvalue weighted by atomic mass is 10.0. The van der Waals surface area contributed by atoms with Crippen molar-refractivity contribution in [1.29, 1.82) is 0 Å². The molecule has 2 aromatic rings. The minimum Gasteiger partial charge on any atom is -0.478 e. The molecule has 0 saturated heterocycles. The van der Waals surface area contributed by atoms with E-state index in [9.17, 15) is 14.7 Å². The Kier molecular flexibility index (Phi) is 6.91. The third-order valence-corrected chi connectivity index (χ3v) is 4.88. The molecular weight excluding hydrogens is 484 g/mol.